The van der Waals surface area contributed by atoms with Gasteiger partial charge in [0.15, 0.2) is 0 Å². The first kappa shape index (κ1) is 13.9. The number of aryl methyl sites for hydroxylation is 1. The molecule has 6 heteroatoms. The van der Waals surface area contributed by atoms with Crippen LogP contribution in [0.15, 0.2) is 30.3 Å². The molecule has 1 N–H and O–H groups in total. The van der Waals surface area contributed by atoms with E-state index in [2.05, 4.69) is 10.4 Å². The van der Waals surface area contributed by atoms with Gasteiger partial charge in [-0.25, -0.2) is 13.5 Å². The van der Waals surface area contributed by atoms with Crippen molar-refractivity contribution in [1.29, 1.82) is 0 Å². The standard InChI is InChI=1S/C15H17F2N3O/c1-9-7-14-18-12(8-13(15(16)17)20(14)19-9)10-3-5-11(21-2)6-4-10/h3-7,12-13,15,18H,8H2,1-2H3/t12-,13+/m0/s1. The molecule has 1 aromatic carbocycles. The molecule has 112 valence electrons. The summed E-state index contributed by atoms with van der Waals surface area (Å²) >= 11 is 0. The van der Waals surface area contributed by atoms with Crippen molar-refractivity contribution in [2.75, 3.05) is 12.4 Å². The molecule has 2 heterocycles. The fraction of sp³-hybridized carbons (Fsp3) is 0.400. The van der Waals surface area contributed by atoms with E-state index in [1.807, 2.05) is 24.3 Å². The number of methoxy groups -OCH3 is 1. The largest absolute Gasteiger partial charge is 0.497 e. The second-order valence-corrected chi connectivity index (χ2v) is 5.22. The number of hydrogen-bond acceptors (Lipinski definition) is 3. The predicted molar refractivity (Wildman–Crippen MR) is 76.0 cm³/mol. The summed E-state index contributed by atoms with van der Waals surface area (Å²) in [6, 6.07) is 8.22. The molecule has 0 aliphatic carbocycles. The third-order valence-electron chi connectivity index (χ3n) is 3.78. The minimum atomic E-state index is -2.44. The van der Waals surface area contributed by atoms with Crippen LogP contribution in [0.3, 0.4) is 0 Å². The van der Waals surface area contributed by atoms with Crippen molar-refractivity contribution in [3.05, 3.63) is 41.6 Å². The maximum absolute atomic E-state index is 13.3. The Hall–Kier alpha value is -2.11. The molecule has 4 nitrogen and oxygen atoms in total. The van der Waals surface area contributed by atoms with Crippen LogP contribution < -0.4 is 10.1 Å². The van der Waals surface area contributed by atoms with Crippen LogP contribution >= 0.6 is 0 Å². The average molecular weight is 293 g/mol. The van der Waals surface area contributed by atoms with Gasteiger partial charge in [-0.05, 0) is 31.0 Å². The molecule has 0 amide bonds. The topological polar surface area (TPSA) is 39.1 Å². The number of nitrogens with one attached hydrogen (secondary N) is 1. The van der Waals surface area contributed by atoms with Crippen LogP contribution in [0, 0.1) is 6.92 Å². The lowest BCUT2D eigenvalue weighted by molar-refractivity contribution is 0.0657. The fourth-order valence-electron chi connectivity index (χ4n) is 2.72. The van der Waals surface area contributed by atoms with Crippen molar-refractivity contribution < 1.29 is 13.5 Å². The molecule has 1 aromatic heterocycles. The lowest BCUT2D eigenvalue weighted by Gasteiger charge is -2.32. The summed E-state index contributed by atoms with van der Waals surface area (Å²) in [6.07, 6.45) is -2.14. The van der Waals surface area contributed by atoms with E-state index in [0.717, 1.165) is 17.0 Å². The fourth-order valence-corrected chi connectivity index (χ4v) is 2.72. The van der Waals surface area contributed by atoms with E-state index in [4.69, 9.17) is 4.74 Å². The monoisotopic (exact) mass is 293 g/mol. The molecule has 3 rings (SSSR count). The van der Waals surface area contributed by atoms with Crippen LogP contribution in [0.4, 0.5) is 14.6 Å². The number of halogens is 2. The highest BCUT2D eigenvalue weighted by Gasteiger charge is 2.34. The second kappa shape index (κ2) is 5.35. The zero-order chi connectivity index (χ0) is 15.0. The third kappa shape index (κ3) is 2.57. The zero-order valence-electron chi connectivity index (χ0n) is 11.9. The van der Waals surface area contributed by atoms with E-state index in [1.165, 1.54) is 4.68 Å². The molecule has 0 radical (unpaired) electrons. The van der Waals surface area contributed by atoms with Gasteiger partial charge in [-0.3, -0.25) is 0 Å². The SMILES string of the molecule is COc1ccc([C@@H]2C[C@H](C(F)F)n3nc(C)cc3N2)cc1. The maximum atomic E-state index is 13.3. The van der Waals surface area contributed by atoms with E-state index in [9.17, 15) is 8.78 Å². The van der Waals surface area contributed by atoms with E-state index in [-0.39, 0.29) is 6.04 Å². The average Bonchev–Trinajstić information content (AvgIpc) is 2.86. The molecule has 1 aliphatic rings. The van der Waals surface area contributed by atoms with E-state index < -0.39 is 12.5 Å². The highest BCUT2D eigenvalue weighted by Crippen LogP contribution is 2.38. The molecule has 2 aromatic rings. The lowest BCUT2D eigenvalue weighted by Crippen LogP contribution is -2.30. The van der Waals surface area contributed by atoms with Crippen molar-refractivity contribution in [3.8, 4) is 5.75 Å². The van der Waals surface area contributed by atoms with Crippen molar-refractivity contribution in [1.82, 2.24) is 9.78 Å². The van der Waals surface area contributed by atoms with Crippen LogP contribution in [0.1, 0.15) is 29.8 Å². The van der Waals surface area contributed by atoms with Crippen LogP contribution in [-0.4, -0.2) is 23.3 Å². The molecule has 0 saturated heterocycles. The summed E-state index contributed by atoms with van der Waals surface area (Å²) < 4.78 is 33.1. The first-order valence-electron chi connectivity index (χ1n) is 6.83. The Kier molecular flexibility index (Phi) is 3.53. The Morgan fingerprint density at radius 3 is 2.67 bits per heavy atom. The highest BCUT2D eigenvalue weighted by atomic mass is 19.3. The molecule has 21 heavy (non-hydrogen) atoms. The van der Waals surface area contributed by atoms with Crippen molar-refractivity contribution >= 4 is 5.82 Å². The number of aromatic nitrogens is 2. The Morgan fingerprint density at radius 2 is 2.05 bits per heavy atom. The number of benzene rings is 1. The Bertz CT molecular complexity index is 624. The van der Waals surface area contributed by atoms with E-state index in [0.29, 0.717) is 12.2 Å². The summed E-state index contributed by atoms with van der Waals surface area (Å²) in [5, 5.41) is 7.45. The number of hydrogen-bond donors (Lipinski definition) is 1. The number of rotatable bonds is 3. The molecule has 0 spiro atoms. The Balaban J connectivity index is 1.91. The Labute approximate surface area is 121 Å². The summed E-state index contributed by atoms with van der Waals surface area (Å²) in [4.78, 5) is 0. The smallest absolute Gasteiger partial charge is 0.260 e. The predicted octanol–water partition coefficient (Wildman–Crippen LogP) is 3.56. The van der Waals surface area contributed by atoms with Crippen LogP contribution in [0.2, 0.25) is 0 Å². The molecule has 0 saturated carbocycles. The van der Waals surface area contributed by atoms with Crippen LogP contribution in [-0.2, 0) is 0 Å². The van der Waals surface area contributed by atoms with Crippen molar-refractivity contribution in [2.24, 2.45) is 0 Å². The minimum absolute atomic E-state index is 0.154. The first-order valence-corrected chi connectivity index (χ1v) is 6.83. The Morgan fingerprint density at radius 1 is 1.33 bits per heavy atom. The highest BCUT2D eigenvalue weighted by molar-refractivity contribution is 5.44. The number of alkyl halides is 2. The summed E-state index contributed by atoms with van der Waals surface area (Å²) in [5.41, 5.74) is 1.70. The van der Waals surface area contributed by atoms with E-state index >= 15 is 0 Å². The van der Waals surface area contributed by atoms with Gasteiger partial charge in [-0.1, -0.05) is 12.1 Å². The maximum Gasteiger partial charge on any atom is 0.260 e. The van der Waals surface area contributed by atoms with Crippen molar-refractivity contribution in [2.45, 2.75) is 31.9 Å². The minimum Gasteiger partial charge on any atom is -0.497 e. The summed E-state index contributed by atoms with van der Waals surface area (Å²) in [7, 11) is 1.60. The molecule has 0 bridgehead atoms. The van der Waals surface area contributed by atoms with E-state index in [1.54, 1.807) is 20.1 Å². The summed E-state index contributed by atoms with van der Waals surface area (Å²) in [6.45, 7) is 1.80. The van der Waals surface area contributed by atoms with Gasteiger partial charge in [-0.2, -0.15) is 5.10 Å². The van der Waals surface area contributed by atoms with Gasteiger partial charge in [0.1, 0.15) is 17.6 Å². The van der Waals surface area contributed by atoms with Gasteiger partial charge in [0, 0.05) is 6.07 Å². The van der Waals surface area contributed by atoms with Gasteiger partial charge in [0.05, 0.1) is 18.8 Å². The van der Waals surface area contributed by atoms with Gasteiger partial charge in [0.2, 0.25) is 0 Å². The van der Waals surface area contributed by atoms with Crippen molar-refractivity contribution in [3.63, 3.8) is 0 Å². The zero-order valence-corrected chi connectivity index (χ0v) is 11.9. The number of nitrogens with zero attached hydrogens (tertiary/aromatic N) is 2. The van der Waals surface area contributed by atoms with Gasteiger partial charge >= 0.3 is 0 Å². The van der Waals surface area contributed by atoms with Crippen LogP contribution in [0.5, 0.6) is 5.75 Å². The normalized spacial score (nSPS) is 21.0. The van der Waals surface area contributed by atoms with Crippen LogP contribution in [0.25, 0.3) is 0 Å². The number of fused-ring (bicyclic) bond motifs is 1. The molecule has 0 fully saturated rings. The molecule has 0 unspecified atom stereocenters. The summed E-state index contributed by atoms with van der Waals surface area (Å²) in [5.74, 6) is 1.39. The molecule has 2 atom stereocenters. The molecular weight excluding hydrogens is 276 g/mol. The first-order chi connectivity index (χ1) is 10.1. The second-order valence-electron chi connectivity index (χ2n) is 5.22. The van der Waals surface area contributed by atoms with Gasteiger partial charge in [0.25, 0.3) is 6.43 Å². The third-order valence-corrected chi connectivity index (χ3v) is 3.78. The number of ether oxygens (including phenoxy) is 1. The number of anilines is 1. The molecule has 1 aliphatic heterocycles. The lowest BCUT2D eigenvalue weighted by atomic mass is 9.97. The van der Waals surface area contributed by atoms with Gasteiger partial charge in [-0.15, -0.1) is 0 Å². The van der Waals surface area contributed by atoms with Gasteiger partial charge < -0.3 is 10.1 Å². The quantitative estimate of drug-likeness (QED) is 0.940. The molecular formula is C15H17F2N3O.